The van der Waals surface area contributed by atoms with E-state index in [9.17, 15) is 9.59 Å². The minimum Gasteiger partial charge on any atom is -0.480 e. The Hall–Kier alpha value is -0.380. The Bertz CT molecular complexity index is 113. The van der Waals surface area contributed by atoms with Crippen LogP contribution in [0, 0.1) is 0 Å². The maximum atomic E-state index is 10.0. The van der Waals surface area contributed by atoms with Gasteiger partial charge in [-0.2, -0.15) is 0 Å². The predicted molar refractivity (Wildman–Crippen MR) is 35.6 cm³/mol. The highest BCUT2D eigenvalue weighted by Crippen LogP contribution is 2.05. The van der Waals surface area contributed by atoms with Gasteiger partial charge in [-0.25, -0.2) is 0 Å². The first-order valence-electron chi connectivity index (χ1n) is 2.49. The Morgan fingerprint density at radius 3 is 2.67 bits per heavy atom. The highest BCUT2D eigenvalue weighted by atomic mass is 79.9. The summed E-state index contributed by atoms with van der Waals surface area (Å²) in [5.41, 5.74) is 0. The van der Waals surface area contributed by atoms with E-state index < -0.39 is 10.8 Å². The van der Waals surface area contributed by atoms with Gasteiger partial charge in [0.2, 0.25) is 0 Å². The zero-order chi connectivity index (χ0) is 7.28. The number of aldehydes is 1. The van der Waals surface area contributed by atoms with Crippen molar-refractivity contribution in [3.8, 4) is 0 Å². The van der Waals surface area contributed by atoms with Gasteiger partial charge in [0.1, 0.15) is 11.1 Å². The molecule has 3 nitrogen and oxygen atoms in total. The number of carboxylic acids is 1. The van der Waals surface area contributed by atoms with Gasteiger partial charge in [0.25, 0.3) is 0 Å². The summed E-state index contributed by atoms with van der Waals surface area (Å²) in [6.45, 7) is 0. The van der Waals surface area contributed by atoms with Crippen molar-refractivity contribution in [3.05, 3.63) is 0 Å². The van der Waals surface area contributed by atoms with Crippen LogP contribution in [-0.4, -0.2) is 22.2 Å². The minimum absolute atomic E-state index is 0.294. The van der Waals surface area contributed by atoms with Crippen LogP contribution in [0.2, 0.25) is 0 Å². The van der Waals surface area contributed by atoms with E-state index in [1.807, 2.05) is 0 Å². The van der Waals surface area contributed by atoms with Crippen molar-refractivity contribution < 1.29 is 14.7 Å². The van der Waals surface area contributed by atoms with E-state index >= 15 is 0 Å². The number of rotatable bonds is 4. The normalized spacial score (nSPS) is 12.6. The molecule has 1 atom stereocenters. The van der Waals surface area contributed by atoms with Gasteiger partial charge in [0.05, 0.1) is 0 Å². The molecule has 0 fully saturated rings. The number of carbonyl (C=O) groups is 2. The smallest absolute Gasteiger partial charge is 0.317 e. The molecule has 1 N–H and O–H groups in total. The van der Waals surface area contributed by atoms with Crippen molar-refractivity contribution in [1.82, 2.24) is 0 Å². The molecule has 0 aromatic heterocycles. The molecule has 0 saturated carbocycles. The summed E-state index contributed by atoms with van der Waals surface area (Å²) in [6.07, 6.45) is 1.36. The lowest BCUT2D eigenvalue weighted by Crippen LogP contribution is -2.11. The second-order valence-electron chi connectivity index (χ2n) is 1.55. The lowest BCUT2D eigenvalue weighted by Gasteiger charge is -1.97. The predicted octanol–water partition coefficient (Wildman–Crippen LogP) is 0.814. The molecule has 0 radical (unpaired) electrons. The molecule has 0 amide bonds. The molecule has 0 bridgehead atoms. The molecular weight excluding hydrogens is 188 g/mol. The fourth-order valence-corrected chi connectivity index (χ4v) is 0.602. The van der Waals surface area contributed by atoms with Crippen LogP contribution < -0.4 is 0 Å². The van der Waals surface area contributed by atoms with Crippen LogP contribution in [0.4, 0.5) is 0 Å². The number of carboxylic acid groups (broad SMARTS) is 1. The SMILES string of the molecule is O=CCCC(Br)C(=O)O. The van der Waals surface area contributed by atoms with Gasteiger partial charge in [-0.1, -0.05) is 15.9 Å². The first kappa shape index (κ1) is 8.62. The van der Waals surface area contributed by atoms with Crippen molar-refractivity contribution in [3.63, 3.8) is 0 Å². The number of alkyl halides is 1. The summed E-state index contributed by atoms with van der Waals surface area (Å²) < 4.78 is 0. The van der Waals surface area contributed by atoms with Crippen molar-refractivity contribution in [2.45, 2.75) is 17.7 Å². The zero-order valence-corrected chi connectivity index (χ0v) is 6.30. The van der Waals surface area contributed by atoms with E-state index in [0.717, 1.165) is 0 Å². The molecule has 0 rings (SSSR count). The van der Waals surface area contributed by atoms with E-state index in [4.69, 9.17) is 5.11 Å². The molecule has 1 unspecified atom stereocenters. The van der Waals surface area contributed by atoms with Gasteiger partial charge in [0, 0.05) is 6.42 Å². The second-order valence-corrected chi connectivity index (χ2v) is 2.66. The Morgan fingerprint density at radius 2 is 2.33 bits per heavy atom. The van der Waals surface area contributed by atoms with Crippen molar-refractivity contribution >= 4 is 28.2 Å². The summed E-state index contributed by atoms with van der Waals surface area (Å²) in [5, 5.41) is 8.25. The largest absolute Gasteiger partial charge is 0.480 e. The molecule has 4 heteroatoms. The second kappa shape index (κ2) is 4.49. The molecule has 0 heterocycles. The molecule has 0 saturated heterocycles. The van der Waals surface area contributed by atoms with Crippen LogP contribution in [0.25, 0.3) is 0 Å². The van der Waals surface area contributed by atoms with Crippen LogP contribution in [0.15, 0.2) is 0 Å². The van der Waals surface area contributed by atoms with Gasteiger partial charge >= 0.3 is 5.97 Å². The Balaban J connectivity index is 3.37. The fraction of sp³-hybridized carbons (Fsp3) is 0.600. The number of hydrogen-bond donors (Lipinski definition) is 1. The van der Waals surface area contributed by atoms with Crippen LogP contribution >= 0.6 is 15.9 Å². The van der Waals surface area contributed by atoms with Crippen LogP contribution in [0.3, 0.4) is 0 Å². The van der Waals surface area contributed by atoms with Crippen molar-refractivity contribution in [2.75, 3.05) is 0 Å². The first-order chi connectivity index (χ1) is 4.18. The van der Waals surface area contributed by atoms with Gasteiger partial charge in [-0.3, -0.25) is 4.79 Å². The van der Waals surface area contributed by atoms with Gasteiger partial charge in [-0.15, -0.1) is 0 Å². The molecule has 9 heavy (non-hydrogen) atoms. The molecule has 0 aliphatic carbocycles. The number of halogens is 1. The third-order valence-corrected chi connectivity index (χ3v) is 1.66. The quantitative estimate of drug-likeness (QED) is 0.533. The number of aliphatic carboxylic acids is 1. The third-order valence-electron chi connectivity index (χ3n) is 0.806. The Morgan fingerprint density at radius 1 is 1.78 bits per heavy atom. The Labute approximate surface area is 61.2 Å². The lowest BCUT2D eigenvalue weighted by molar-refractivity contribution is -0.136. The summed E-state index contributed by atoms with van der Waals surface area (Å²) >= 11 is 2.88. The molecule has 0 spiro atoms. The topological polar surface area (TPSA) is 54.4 Å². The average molecular weight is 195 g/mol. The van der Waals surface area contributed by atoms with Crippen molar-refractivity contribution in [2.24, 2.45) is 0 Å². The zero-order valence-electron chi connectivity index (χ0n) is 4.71. The molecule has 0 aromatic carbocycles. The highest BCUT2D eigenvalue weighted by Gasteiger charge is 2.10. The van der Waals surface area contributed by atoms with Crippen molar-refractivity contribution in [1.29, 1.82) is 0 Å². The molecular formula is C5H7BrO3. The van der Waals surface area contributed by atoms with E-state index in [-0.39, 0.29) is 0 Å². The van der Waals surface area contributed by atoms with Gasteiger partial charge < -0.3 is 9.90 Å². The third kappa shape index (κ3) is 4.14. The summed E-state index contributed by atoms with van der Waals surface area (Å²) in [7, 11) is 0. The van der Waals surface area contributed by atoms with Crippen LogP contribution in [0.1, 0.15) is 12.8 Å². The minimum atomic E-state index is -0.920. The maximum absolute atomic E-state index is 10.0. The molecule has 52 valence electrons. The standard InChI is InChI=1S/C5H7BrO3/c6-4(5(8)9)2-1-3-7/h3-4H,1-2H2,(H,8,9). The highest BCUT2D eigenvalue weighted by molar-refractivity contribution is 9.10. The molecule has 0 aliphatic heterocycles. The Kier molecular flexibility index (Phi) is 4.30. The molecule has 0 aliphatic rings. The van der Waals surface area contributed by atoms with E-state index in [1.54, 1.807) is 0 Å². The van der Waals surface area contributed by atoms with E-state index in [0.29, 0.717) is 19.1 Å². The summed E-state index contributed by atoms with van der Waals surface area (Å²) in [4.78, 5) is 19.2. The lowest BCUT2D eigenvalue weighted by atomic mass is 10.2. The van der Waals surface area contributed by atoms with E-state index in [1.165, 1.54) is 0 Å². The van der Waals surface area contributed by atoms with Crippen LogP contribution in [0.5, 0.6) is 0 Å². The average Bonchev–Trinajstić information content (AvgIpc) is 1.82. The first-order valence-corrected chi connectivity index (χ1v) is 3.40. The van der Waals surface area contributed by atoms with Gasteiger partial charge in [0.15, 0.2) is 0 Å². The fourth-order valence-electron chi connectivity index (χ4n) is 0.338. The molecule has 0 aromatic rings. The monoisotopic (exact) mass is 194 g/mol. The van der Waals surface area contributed by atoms with E-state index in [2.05, 4.69) is 15.9 Å². The number of carbonyl (C=O) groups excluding carboxylic acids is 1. The number of hydrogen-bond acceptors (Lipinski definition) is 2. The summed E-state index contributed by atoms with van der Waals surface area (Å²) in [6, 6.07) is 0. The van der Waals surface area contributed by atoms with Crippen LogP contribution in [-0.2, 0) is 9.59 Å². The maximum Gasteiger partial charge on any atom is 0.317 e. The summed E-state index contributed by atoms with van der Waals surface area (Å²) in [5.74, 6) is -0.920. The van der Waals surface area contributed by atoms with Gasteiger partial charge in [-0.05, 0) is 6.42 Å².